The largest absolute Gasteiger partial charge is 0.490 e. The molecule has 6 aliphatic rings. The first-order valence-electron chi connectivity index (χ1n) is 21.3. The Morgan fingerprint density at radius 1 is 0.660 bits per heavy atom. The van der Waals surface area contributed by atoms with Crippen molar-refractivity contribution in [2.45, 2.75) is 154 Å². The van der Waals surface area contributed by atoms with Crippen molar-refractivity contribution in [3.05, 3.63) is 71.8 Å². The molecular weight excluding hydrogens is 657 g/mol. The molecule has 0 radical (unpaired) electrons. The van der Waals surface area contributed by atoms with Gasteiger partial charge in [-0.05, 0) is 175 Å². The Morgan fingerprint density at radius 3 is 1.53 bits per heavy atom. The number of amides is 1. The van der Waals surface area contributed by atoms with Gasteiger partial charge in [0.05, 0.1) is 12.2 Å². The van der Waals surface area contributed by atoms with E-state index in [1.165, 1.54) is 125 Å². The maximum Gasteiger partial charge on any atom is 0.410 e. The molecule has 2 aliphatic heterocycles. The normalized spacial score (nSPS) is 24.2. The van der Waals surface area contributed by atoms with Gasteiger partial charge >= 0.3 is 6.09 Å². The van der Waals surface area contributed by atoms with Crippen LogP contribution in [-0.4, -0.2) is 55.0 Å². The third kappa shape index (κ3) is 10.3. The molecule has 2 aromatic rings. The molecule has 1 amide bonds. The number of nitrogens with zero attached hydrogens (tertiary/aromatic N) is 1. The number of ether oxygens (including phenoxy) is 3. The predicted octanol–water partition coefficient (Wildman–Crippen LogP) is 11.5. The second-order valence-corrected chi connectivity index (χ2v) is 18.2. The van der Waals surface area contributed by atoms with E-state index in [2.05, 4.69) is 66.0 Å². The van der Waals surface area contributed by atoms with Crippen LogP contribution in [0.1, 0.15) is 147 Å². The van der Waals surface area contributed by atoms with Crippen LogP contribution in [0.2, 0.25) is 0 Å². The van der Waals surface area contributed by atoms with Gasteiger partial charge in [-0.3, -0.25) is 0 Å². The first kappa shape index (κ1) is 38.0. The van der Waals surface area contributed by atoms with Crippen molar-refractivity contribution in [3.8, 4) is 11.5 Å². The van der Waals surface area contributed by atoms with Gasteiger partial charge in [-0.15, -0.1) is 0 Å². The minimum absolute atomic E-state index is 0.228. The lowest BCUT2D eigenvalue weighted by Gasteiger charge is -2.37. The van der Waals surface area contributed by atoms with E-state index in [4.69, 9.17) is 14.2 Å². The molecule has 2 heterocycles. The van der Waals surface area contributed by atoms with Gasteiger partial charge in [0.25, 0.3) is 0 Å². The fourth-order valence-corrected chi connectivity index (χ4v) is 10.1. The van der Waals surface area contributed by atoms with Crippen LogP contribution < -0.4 is 14.8 Å². The summed E-state index contributed by atoms with van der Waals surface area (Å²) in [4.78, 5) is 14.0. The topological polar surface area (TPSA) is 60.0 Å². The van der Waals surface area contributed by atoms with Gasteiger partial charge in [-0.25, -0.2) is 4.79 Å². The van der Waals surface area contributed by atoms with Crippen LogP contribution in [-0.2, 0) is 4.74 Å². The summed E-state index contributed by atoms with van der Waals surface area (Å²) in [7, 11) is 0. The Hall–Kier alpha value is -3.25. The maximum absolute atomic E-state index is 12.2. The highest BCUT2D eigenvalue weighted by atomic mass is 16.6. The molecule has 4 saturated carbocycles. The van der Waals surface area contributed by atoms with Crippen molar-refractivity contribution in [2.24, 2.45) is 10.8 Å². The SMILES string of the molecule is C1=C(c2ccc(OC3CCC4(CCCC4)CC3)cc2)CCNC1.CC(C)(C)OC(=O)N1CC=C(c2ccc(OC3CCC4(CCCC4)CC3)cc2)CC1. The second kappa shape index (κ2) is 17.0. The highest BCUT2D eigenvalue weighted by Gasteiger charge is 2.39. The highest BCUT2D eigenvalue weighted by Crippen LogP contribution is 2.50. The van der Waals surface area contributed by atoms with Crippen LogP contribution in [0.3, 0.4) is 0 Å². The lowest BCUT2D eigenvalue weighted by atomic mass is 9.72. The zero-order valence-electron chi connectivity index (χ0n) is 33.1. The molecule has 0 saturated heterocycles. The molecule has 0 aromatic heterocycles. The average molecular weight is 723 g/mol. The van der Waals surface area contributed by atoms with E-state index in [-0.39, 0.29) is 6.09 Å². The molecule has 1 N–H and O–H groups in total. The van der Waals surface area contributed by atoms with Crippen molar-refractivity contribution >= 4 is 17.2 Å². The summed E-state index contributed by atoms with van der Waals surface area (Å²) in [5.74, 6) is 2.04. The van der Waals surface area contributed by atoms with E-state index >= 15 is 0 Å². The summed E-state index contributed by atoms with van der Waals surface area (Å²) in [6, 6.07) is 17.3. The predicted molar refractivity (Wildman–Crippen MR) is 216 cm³/mol. The maximum atomic E-state index is 12.2. The van der Waals surface area contributed by atoms with E-state index in [9.17, 15) is 4.79 Å². The second-order valence-electron chi connectivity index (χ2n) is 18.2. The fourth-order valence-electron chi connectivity index (χ4n) is 10.1. The van der Waals surface area contributed by atoms with Crippen molar-refractivity contribution in [1.29, 1.82) is 0 Å². The van der Waals surface area contributed by atoms with Gasteiger partial charge < -0.3 is 24.4 Å². The minimum Gasteiger partial charge on any atom is -0.490 e. The summed E-state index contributed by atoms with van der Waals surface area (Å²) in [5, 5.41) is 3.37. The lowest BCUT2D eigenvalue weighted by molar-refractivity contribution is 0.0270. The van der Waals surface area contributed by atoms with Crippen LogP contribution in [0.5, 0.6) is 11.5 Å². The average Bonchev–Trinajstić information content (AvgIpc) is 3.84. The van der Waals surface area contributed by atoms with Gasteiger partial charge in [0.2, 0.25) is 0 Å². The molecule has 4 fully saturated rings. The zero-order valence-corrected chi connectivity index (χ0v) is 33.1. The summed E-state index contributed by atoms with van der Waals surface area (Å²) in [5.41, 5.74) is 6.24. The first-order chi connectivity index (χ1) is 25.6. The molecule has 53 heavy (non-hydrogen) atoms. The number of hydrogen-bond donors (Lipinski definition) is 1. The van der Waals surface area contributed by atoms with Crippen LogP contribution in [0.15, 0.2) is 60.7 Å². The Labute approximate surface area is 320 Å². The highest BCUT2D eigenvalue weighted by molar-refractivity contribution is 5.73. The Morgan fingerprint density at radius 2 is 1.13 bits per heavy atom. The minimum atomic E-state index is -0.451. The molecule has 0 bridgehead atoms. The standard InChI is InChI=1S/C26H37NO3.C21H29NO/c1-25(2,3)30-24(28)27-18-12-21(13-19-27)20-6-8-22(9-7-20)29-23-10-16-26(17-11-23)14-4-5-15-26;1-2-12-21(11-1)13-7-20(8-14-21)23-19-5-3-17(4-6-19)18-9-15-22-16-10-18/h6-9,12,23H,4-5,10-11,13-19H2,1-3H3;3-6,9,20,22H,1-2,7-8,10-16H2. The van der Waals surface area contributed by atoms with E-state index in [1.54, 1.807) is 4.90 Å². The number of carbonyl (C=O) groups excluding carboxylic acids is 1. The van der Waals surface area contributed by atoms with Crippen LogP contribution >= 0.6 is 0 Å². The number of nitrogens with one attached hydrogen (secondary N) is 1. The Balaban J connectivity index is 0.000000170. The fraction of sp³-hybridized carbons (Fsp3) is 0.638. The number of rotatable bonds is 6. The molecule has 4 aliphatic carbocycles. The summed E-state index contributed by atoms with van der Waals surface area (Å²) >= 11 is 0. The zero-order chi connectivity index (χ0) is 36.7. The Kier molecular flexibility index (Phi) is 12.2. The van der Waals surface area contributed by atoms with Crippen molar-refractivity contribution in [1.82, 2.24) is 10.2 Å². The van der Waals surface area contributed by atoms with E-state index in [1.807, 2.05) is 20.8 Å². The van der Waals surface area contributed by atoms with Gasteiger partial charge in [-0.2, -0.15) is 0 Å². The molecule has 0 atom stereocenters. The molecule has 6 heteroatoms. The summed E-state index contributed by atoms with van der Waals surface area (Å²) in [6.45, 7) is 9.10. The molecule has 2 spiro atoms. The molecule has 8 rings (SSSR count). The molecule has 288 valence electrons. The third-order valence-electron chi connectivity index (χ3n) is 13.3. The van der Waals surface area contributed by atoms with Gasteiger partial charge in [0.15, 0.2) is 0 Å². The van der Waals surface area contributed by atoms with E-state index < -0.39 is 5.60 Å². The van der Waals surface area contributed by atoms with Crippen LogP contribution in [0, 0.1) is 10.8 Å². The number of carbonyl (C=O) groups is 1. The van der Waals surface area contributed by atoms with Crippen LogP contribution in [0.25, 0.3) is 11.1 Å². The quantitative estimate of drug-likeness (QED) is 0.322. The number of benzene rings is 2. The summed E-state index contributed by atoms with van der Waals surface area (Å²) < 4.78 is 18.1. The van der Waals surface area contributed by atoms with E-state index in [0.717, 1.165) is 37.4 Å². The first-order valence-corrected chi connectivity index (χ1v) is 21.3. The monoisotopic (exact) mass is 723 g/mol. The van der Waals surface area contributed by atoms with Gasteiger partial charge in [-0.1, -0.05) is 62.1 Å². The van der Waals surface area contributed by atoms with Crippen LogP contribution in [0.4, 0.5) is 4.79 Å². The van der Waals surface area contributed by atoms with Crippen molar-refractivity contribution in [3.63, 3.8) is 0 Å². The third-order valence-corrected chi connectivity index (χ3v) is 13.3. The number of hydrogen-bond acceptors (Lipinski definition) is 5. The molecule has 2 aromatic carbocycles. The van der Waals surface area contributed by atoms with Crippen molar-refractivity contribution in [2.75, 3.05) is 26.2 Å². The molecule has 6 nitrogen and oxygen atoms in total. The van der Waals surface area contributed by atoms with Crippen molar-refractivity contribution < 1.29 is 19.0 Å². The Bertz CT molecular complexity index is 1540. The lowest BCUT2D eigenvalue weighted by Crippen LogP contribution is -2.39. The summed E-state index contributed by atoms with van der Waals surface area (Å²) in [6.07, 6.45) is 29.0. The molecular formula is C47H66N2O4. The van der Waals surface area contributed by atoms with E-state index in [0.29, 0.717) is 36.1 Å². The van der Waals surface area contributed by atoms with Gasteiger partial charge in [0.1, 0.15) is 17.1 Å². The van der Waals surface area contributed by atoms with Gasteiger partial charge in [0, 0.05) is 19.6 Å². The smallest absolute Gasteiger partial charge is 0.410 e. The molecule has 0 unspecified atom stereocenters.